The summed E-state index contributed by atoms with van der Waals surface area (Å²) in [5.74, 6) is 0.0874. The lowest BCUT2D eigenvalue weighted by molar-refractivity contribution is -0.305. The van der Waals surface area contributed by atoms with E-state index in [1.54, 1.807) is 20.8 Å². The zero-order valence-electron chi connectivity index (χ0n) is 25.3. The second-order valence-corrected chi connectivity index (χ2v) is 16.6. The van der Waals surface area contributed by atoms with Crippen LogP contribution >= 0.6 is 11.6 Å². The smallest absolute Gasteiger partial charge is 0.302 e. The van der Waals surface area contributed by atoms with Crippen molar-refractivity contribution < 1.29 is 24.5 Å². The number of carbonyl (C=O) groups is 1. The minimum absolute atomic E-state index is 0.00250. The molecule has 0 aromatic carbocycles. The first-order valence-corrected chi connectivity index (χ1v) is 15.7. The predicted molar refractivity (Wildman–Crippen MR) is 150 cm³/mol. The molecule has 0 bridgehead atoms. The van der Waals surface area contributed by atoms with Gasteiger partial charge in [-0.2, -0.15) is 0 Å². The van der Waals surface area contributed by atoms with Gasteiger partial charge in [-0.15, -0.1) is 11.6 Å². The van der Waals surface area contributed by atoms with Crippen molar-refractivity contribution in [2.45, 2.75) is 149 Å². The van der Waals surface area contributed by atoms with Gasteiger partial charge in [0.1, 0.15) is 11.7 Å². The van der Waals surface area contributed by atoms with Crippen LogP contribution in [0.1, 0.15) is 120 Å². The number of alkyl halides is 1. The van der Waals surface area contributed by atoms with Crippen LogP contribution in [-0.4, -0.2) is 44.7 Å². The monoisotopic (exact) mass is 552 g/mol. The van der Waals surface area contributed by atoms with Gasteiger partial charge in [0, 0.05) is 12.3 Å². The molecular formula is C32H53ClO5. The first kappa shape index (κ1) is 29.1. The number of hydrogen-bond donors (Lipinski definition) is 2. The third-order valence-corrected chi connectivity index (χ3v) is 14.2. The second-order valence-electron chi connectivity index (χ2n) is 16.1. The number of esters is 1. The van der Waals surface area contributed by atoms with Crippen LogP contribution in [0.3, 0.4) is 0 Å². The van der Waals surface area contributed by atoms with Gasteiger partial charge < -0.3 is 19.7 Å². The minimum Gasteiger partial charge on any atom is -0.462 e. The Bertz CT molecular complexity index is 975. The Kier molecular flexibility index (Phi) is 6.58. The summed E-state index contributed by atoms with van der Waals surface area (Å²) in [4.78, 5) is 11.9. The van der Waals surface area contributed by atoms with Crippen molar-refractivity contribution in [2.75, 3.05) is 0 Å². The lowest BCUT2D eigenvalue weighted by Crippen LogP contribution is -2.64. The molecule has 0 spiro atoms. The quantitative estimate of drug-likeness (QED) is 0.296. The van der Waals surface area contributed by atoms with Crippen molar-refractivity contribution in [3.05, 3.63) is 0 Å². The normalized spacial score (nSPS) is 54.1. The number of fused-ring (bicyclic) bond motifs is 5. The number of ether oxygens (including phenoxy) is 2. The molecule has 5 nitrogen and oxygen atoms in total. The fraction of sp³-hybridized carbons (Fsp3) is 0.969. The average Bonchev–Trinajstić information content (AvgIpc) is 3.25. The van der Waals surface area contributed by atoms with Crippen molar-refractivity contribution in [3.8, 4) is 0 Å². The van der Waals surface area contributed by atoms with Crippen molar-refractivity contribution in [1.29, 1.82) is 0 Å². The Balaban J connectivity index is 1.44. The number of rotatable bonds is 3. The van der Waals surface area contributed by atoms with Crippen molar-refractivity contribution in [2.24, 2.45) is 45.3 Å². The van der Waals surface area contributed by atoms with E-state index in [9.17, 15) is 15.0 Å². The van der Waals surface area contributed by atoms with E-state index in [-0.39, 0.29) is 33.7 Å². The molecule has 0 radical (unpaired) electrons. The van der Waals surface area contributed by atoms with Crippen LogP contribution in [0.4, 0.5) is 0 Å². The van der Waals surface area contributed by atoms with Crippen molar-refractivity contribution in [3.63, 3.8) is 0 Å². The van der Waals surface area contributed by atoms with E-state index in [1.807, 2.05) is 0 Å². The van der Waals surface area contributed by atoms with Gasteiger partial charge in [0.2, 0.25) is 5.79 Å². The van der Waals surface area contributed by atoms with Crippen LogP contribution in [-0.2, 0) is 14.3 Å². The average molecular weight is 553 g/mol. The Morgan fingerprint density at radius 1 is 0.895 bits per heavy atom. The van der Waals surface area contributed by atoms with E-state index in [0.29, 0.717) is 30.1 Å². The third kappa shape index (κ3) is 3.69. The van der Waals surface area contributed by atoms with Crippen LogP contribution in [0.25, 0.3) is 0 Å². The summed E-state index contributed by atoms with van der Waals surface area (Å²) in [7, 11) is 0. The topological polar surface area (TPSA) is 76.0 Å². The summed E-state index contributed by atoms with van der Waals surface area (Å²) in [6.07, 6.45) is 9.64. The van der Waals surface area contributed by atoms with Crippen LogP contribution in [0, 0.1) is 45.3 Å². The van der Waals surface area contributed by atoms with Gasteiger partial charge in [0.25, 0.3) is 0 Å². The zero-order valence-corrected chi connectivity index (χ0v) is 26.1. The van der Waals surface area contributed by atoms with Crippen LogP contribution in [0.2, 0.25) is 0 Å². The summed E-state index contributed by atoms with van der Waals surface area (Å²) in [5, 5.41) is 21.5. The van der Waals surface area contributed by atoms with Crippen LogP contribution in [0.15, 0.2) is 0 Å². The Hall–Kier alpha value is -0.360. The maximum absolute atomic E-state index is 11.9. The molecule has 5 aliphatic rings. The Morgan fingerprint density at radius 3 is 2.11 bits per heavy atom. The first-order valence-electron chi connectivity index (χ1n) is 15.2. The summed E-state index contributed by atoms with van der Waals surface area (Å²) in [5.41, 5.74) is -1.38. The molecule has 0 aromatic heterocycles. The number of aliphatic hydroxyl groups is 2. The van der Waals surface area contributed by atoms with Gasteiger partial charge in [-0.3, -0.25) is 4.79 Å². The molecule has 11 atom stereocenters. The number of carbonyl (C=O) groups excluding carboxylic acids is 1. The molecule has 0 amide bonds. The van der Waals surface area contributed by atoms with Gasteiger partial charge in [-0.25, -0.2) is 0 Å². The molecule has 11 unspecified atom stereocenters. The molecule has 1 aliphatic heterocycles. The SMILES string of the molecule is CC(=O)OC1CCC2(C)C(CCC3(C)C2CCC2C(C4(C)CC(Cl)C(O)(C(C)(C)O)O4)CCC23C)C1(C)C. The summed E-state index contributed by atoms with van der Waals surface area (Å²) in [6, 6.07) is 0. The van der Waals surface area contributed by atoms with E-state index in [1.165, 1.54) is 32.1 Å². The highest BCUT2D eigenvalue weighted by Crippen LogP contribution is 2.76. The molecular weight excluding hydrogens is 500 g/mol. The molecule has 1 heterocycles. The van der Waals surface area contributed by atoms with Gasteiger partial charge in [-0.1, -0.05) is 34.6 Å². The van der Waals surface area contributed by atoms with Crippen LogP contribution < -0.4 is 0 Å². The largest absolute Gasteiger partial charge is 0.462 e. The second kappa shape index (κ2) is 8.58. The molecule has 0 aromatic rings. The van der Waals surface area contributed by atoms with Crippen LogP contribution in [0.5, 0.6) is 0 Å². The molecule has 2 N–H and O–H groups in total. The molecule has 5 rings (SSSR count). The number of hydrogen-bond acceptors (Lipinski definition) is 5. The molecule has 4 saturated carbocycles. The van der Waals surface area contributed by atoms with E-state index in [4.69, 9.17) is 21.1 Å². The molecule has 38 heavy (non-hydrogen) atoms. The summed E-state index contributed by atoms with van der Waals surface area (Å²) < 4.78 is 12.3. The highest BCUT2D eigenvalue weighted by atomic mass is 35.5. The molecule has 5 fully saturated rings. The Morgan fingerprint density at radius 2 is 1.53 bits per heavy atom. The fourth-order valence-corrected chi connectivity index (χ4v) is 12.2. The molecule has 6 heteroatoms. The van der Waals surface area contributed by atoms with Gasteiger partial charge in [0.15, 0.2) is 0 Å². The lowest BCUT2D eigenvalue weighted by atomic mass is 9.35. The maximum atomic E-state index is 11.9. The van der Waals surface area contributed by atoms with E-state index < -0.39 is 22.4 Å². The Labute approximate surface area is 235 Å². The molecule has 4 aliphatic carbocycles. The summed E-state index contributed by atoms with van der Waals surface area (Å²) in [6.45, 7) is 19.3. The minimum atomic E-state index is -1.75. The van der Waals surface area contributed by atoms with Crippen molar-refractivity contribution >= 4 is 17.6 Å². The highest BCUT2D eigenvalue weighted by molar-refractivity contribution is 6.21. The van der Waals surface area contributed by atoms with Gasteiger partial charge >= 0.3 is 5.97 Å². The van der Waals surface area contributed by atoms with Gasteiger partial charge in [-0.05, 0) is 118 Å². The van der Waals surface area contributed by atoms with E-state index >= 15 is 0 Å². The standard InChI is InChI=1S/C32H53ClO5/c1-19(34)37-25-14-15-28(6)22(26(25,2)3)13-17-30(8)23(28)11-10-20-21(12-16-29(20,30)7)31(9)18-24(33)32(36,38-31)27(4,5)35/h20-25,35-36H,10-18H2,1-9H3. The molecule has 1 saturated heterocycles. The highest BCUT2D eigenvalue weighted by Gasteiger charge is 2.71. The molecule has 218 valence electrons. The van der Waals surface area contributed by atoms with Crippen molar-refractivity contribution in [1.82, 2.24) is 0 Å². The first-order chi connectivity index (χ1) is 17.3. The zero-order chi connectivity index (χ0) is 28.3. The van der Waals surface area contributed by atoms with E-state index in [2.05, 4.69) is 41.5 Å². The fourth-order valence-electron chi connectivity index (χ4n) is 11.6. The predicted octanol–water partition coefficient (Wildman–Crippen LogP) is 6.85. The number of halogens is 1. The third-order valence-electron chi connectivity index (χ3n) is 13.7. The van der Waals surface area contributed by atoms with E-state index in [0.717, 1.165) is 19.3 Å². The summed E-state index contributed by atoms with van der Waals surface area (Å²) >= 11 is 6.71. The lowest BCUT2D eigenvalue weighted by Gasteiger charge is -2.70. The van der Waals surface area contributed by atoms with Gasteiger partial charge in [0.05, 0.1) is 11.0 Å². The maximum Gasteiger partial charge on any atom is 0.302 e.